The van der Waals surface area contributed by atoms with E-state index in [0.717, 1.165) is 26.2 Å². The summed E-state index contributed by atoms with van der Waals surface area (Å²) >= 11 is 5.95. The molecule has 1 aromatic rings. The van der Waals surface area contributed by atoms with Crippen LogP contribution in [0.3, 0.4) is 0 Å². The number of nitrogen functional groups attached to an aromatic ring is 1. The number of likely N-dealkylation sites (tertiary alicyclic amines) is 1. The van der Waals surface area contributed by atoms with Crippen molar-refractivity contribution in [2.75, 3.05) is 31.9 Å². The Morgan fingerprint density at radius 3 is 2.74 bits per heavy atom. The maximum Gasteiger partial charge on any atom is 0.0635 e. The Morgan fingerprint density at radius 2 is 2.11 bits per heavy atom. The van der Waals surface area contributed by atoms with E-state index in [1.807, 2.05) is 12.1 Å². The first kappa shape index (κ1) is 14.6. The van der Waals surface area contributed by atoms with Gasteiger partial charge in [-0.15, -0.1) is 0 Å². The minimum absolute atomic E-state index is 0.645. The Bertz CT molecular complexity index is 418. The van der Waals surface area contributed by atoms with E-state index in [2.05, 4.69) is 29.7 Å². The largest absolute Gasteiger partial charge is 0.398 e. The molecule has 1 atom stereocenters. The molecule has 0 radical (unpaired) electrons. The molecule has 106 valence electrons. The molecule has 0 aliphatic carbocycles. The van der Waals surface area contributed by atoms with E-state index < -0.39 is 0 Å². The topological polar surface area (TPSA) is 32.5 Å². The summed E-state index contributed by atoms with van der Waals surface area (Å²) in [6.07, 6.45) is 1.27. The molecule has 0 saturated carbocycles. The fourth-order valence-corrected chi connectivity index (χ4v) is 3.06. The minimum Gasteiger partial charge on any atom is -0.398 e. The van der Waals surface area contributed by atoms with Crippen LogP contribution in [0.1, 0.15) is 25.8 Å². The van der Waals surface area contributed by atoms with Gasteiger partial charge in [0.2, 0.25) is 0 Å². The molecule has 19 heavy (non-hydrogen) atoms. The summed E-state index contributed by atoms with van der Waals surface area (Å²) in [5.74, 6) is 0. The number of rotatable bonds is 5. The molecule has 1 fully saturated rings. The number of hydrogen-bond donors (Lipinski definition) is 1. The summed E-state index contributed by atoms with van der Waals surface area (Å²) in [4.78, 5) is 5.06. The molecule has 2 rings (SSSR count). The minimum atomic E-state index is 0.645. The van der Waals surface area contributed by atoms with Crippen molar-refractivity contribution in [2.24, 2.45) is 0 Å². The first-order valence-corrected chi connectivity index (χ1v) is 7.52. The average molecular weight is 282 g/mol. The van der Waals surface area contributed by atoms with Crippen LogP contribution in [0.5, 0.6) is 0 Å². The Morgan fingerprint density at radius 1 is 1.37 bits per heavy atom. The molecule has 1 aliphatic heterocycles. The molecule has 4 heteroatoms. The van der Waals surface area contributed by atoms with Crippen LogP contribution in [-0.2, 0) is 6.54 Å². The Hall–Kier alpha value is -0.770. The normalized spacial score (nSPS) is 20.3. The summed E-state index contributed by atoms with van der Waals surface area (Å²) < 4.78 is 0. The van der Waals surface area contributed by atoms with Gasteiger partial charge in [0.25, 0.3) is 0 Å². The molecule has 0 bridgehead atoms. The zero-order valence-corrected chi connectivity index (χ0v) is 12.7. The monoisotopic (exact) mass is 281 g/mol. The van der Waals surface area contributed by atoms with Crippen LogP contribution in [0.4, 0.5) is 5.69 Å². The number of nitrogens with zero attached hydrogens (tertiary/aromatic N) is 2. The maximum atomic E-state index is 5.95. The van der Waals surface area contributed by atoms with Gasteiger partial charge in [-0.2, -0.15) is 0 Å². The third-order valence-electron chi connectivity index (χ3n) is 4.04. The van der Waals surface area contributed by atoms with Gasteiger partial charge < -0.3 is 5.73 Å². The zero-order valence-electron chi connectivity index (χ0n) is 11.9. The summed E-state index contributed by atoms with van der Waals surface area (Å²) in [7, 11) is 0. The van der Waals surface area contributed by atoms with E-state index >= 15 is 0 Å². The molecule has 1 aromatic carbocycles. The Labute approximate surface area is 121 Å². The molecule has 0 amide bonds. The number of halogens is 1. The van der Waals surface area contributed by atoms with Gasteiger partial charge in [0, 0.05) is 25.7 Å². The average Bonchev–Trinajstić information content (AvgIpc) is 2.84. The third kappa shape index (κ3) is 3.62. The second kappa shape index (κ2) is 6.60. The van der Waals surface area contributed by atoms with Crippen LogP contribution in [0.25, 0.3) is 0 Å². The number of hydrogen-bond acceptors (Lipinski definition) is 3. The predicted octanol–water partition coefficient (Wildman–Crippen LogP) is 2.84. The lowest BCUT2D eigenvalue weighted by Gasteiger charge is -2.26. The van der Waals surface area contributed by atoms with Crippen molar-refractivity contribution in [3.05, 3.63) is 28.8 Å². The fraction of sp³-hybridized carbons (Fsp3) is 0.600. The van der Waals surface area contributed by atoms with Gasteiger partial charge in [0.15, 0.2) is 0 Å². The van der Waals surface area contributed by atoms with Gasteiger partial charge >= 0.3 is 0 Å². The number of likely N-dealkylation sites (N-methyl/N-ethyl adjacent to an activating group) is 1. The zero-order chi connectivity index (χ0) is 13.8. The highest BCUT2D eigenvalue weighted by Gasteiger charge is 2.25. The molecule has 1 unspecified atom stereocenters. The highest BCUT2D eigenvalue weighted by molar-refractivity contribution is 6.33. The van der Waals surface area contributed by atoms with E-state index in [1.165, 1.54) is 18.5 Å². The van der Waals surface area contributed by atoms with Gasteiger partial charge in [-0.25, -0.2) is 0 Å². The van der Waals surface area contributed by atoms with Gasteiger partial charge in [0.1, 0.15) is 0 Å². The number of benzene rings is 1. The standard InChI is InChI=1S/C15H24ClN3/c1-3-19(4-2)13-7-8-18(11-13)10-12-5-6-14(16)15(17)9-12/h5-6,9,13H,3-4,7-8,10-11,17H2,1-2H3. The number of anilines is 1. The van der Waals surface area contributed by atoms with E-state index in [4.69, 9.17) is 17.3 Å². The van der Waals surface area contributed by atoms with Crippen LogP contribution in [0, 0.1) is 0 Å². The molecule has 3 nitrogen and oxygen atoms in total. The van der Waals surface area contributed by atoms with Gasteiger partial charge in [0.05, 0.1) is 10.7 Å². The molecule has 1 aliphatic rings. The van der Waals surface area contributed by atoms with Crippen molar-refractivity contribution in [2.45, 2.75) is 32.9 Å². The van der Waals surface area contributed by atoms with Crippen molar-refractivity contribution >= 4 is 17.3 Å². The van der Waals surface area contributed by atoms with Crippen LogP contribution >= 0.6 is 11.6 Å². The van der Waals surface area contributed by atoms with Crippen molar-refractivity contribution < 1.29 is 0 Å². The second-order valence-electron chi connectivity index (χ2n) is 5.25. The van der Waals surface area contributed by atoms with E-state index in [-0.39, 0.29) is 0 Å². The molecular formula is C15H24ClN3. The van der Waals surface area contributed by atoms with Crippen LogP contribution in [-0.4, -0.2) is 42.0 Å². The number of nitrogens with two attached hydrogens (primary N) is 1. The summed E-state index contributed by atoms with van der Waals surface area (Å²) in [6.45, 7) is 10.1. The highest BCUT2D eigenvalue weighted by atomic mass is 35.5. The van der Waals surface area contributed by atoms with Crippen molar-refractivity contribution in [3.63, 3.8) is 0 Å². The van der Waals surface area contributed by atoms with Crippen LogP contribution < -0.4 is 5.73 Å². The third-order valence-corrected chi connectivity index (χ3v) is 4.39. The second-order valence-corrected chi connectivity index (χ2v) is 5.66. The summed E-state index contributed by atoms with van der Waals surface area (Å²) in [6, 6.07) is 6.67. The van der Waals surface area contributed by atoms with Crippen LogP contribution in [0.2, 0.25) is 5.02 Å². The molecule has 1 saturated heterocycles. The SMILES string of the molecule is CCN(CC)C1CCN(Cc2ccc(Cl)c(N)c2)C1. The van der Waals surface area contributed by atoms with Gasteiger partial charge in [-0.05, 0) is 37.2 Å². The molecule has 0 spiro atoms. The Balaban J connectivity index is 1.92. The summed E-state index contributed by atoms with van der Waals surface area (Å²) in [5.41, 5.74) is 7.79. The van der Waals surface area contributed by atoms with Crippen molar-refractivity contribution in [3.8, 4) is 0 Å². The quantitative estimate of drug-likeness (QED) is 0.843. The van der Waals surface area contributed by atoms with Crippen molar-refractivity contribution in [1.29, 1.82) is 0 Å². The Kier molecular flexibility index (Phi) is 5.08. The predicted molar refractivity (Wildman–Crippen MR) is 82.5 cm³/mol. The lowest BCUT2D eigenvalue weighted by Crippen LogP contribution is -2.37. The van der Waals surface area contributed by atoms with Gasteiger partial charge in [-0.3, -0.25) is 9.80 Å². The van der Waals surface area contributed by atoms with Crippen molar-refractivity contribution in [1.82, 2.24) is 9.80 Å². The highest BCUT2D eigenvalue weighted by Crippen LogP contribution is 2.22. The molecule has 1 heterocycles. The lowest BCUT2D eigenvalue weighted by atomic mass is 10.2. The van der Waals surface area contributed by atoms with E-state index in [1.54, 1.807) is 0 Å². The maximum absolute atomic E-state index is 5.95. The van der Waals surface area contributed by atoms with Crippen LogP contribution in [0.15, 0.2) is 18.2 Å². The fourth-order valence-electron chi connectivity index (χ4n) is 2.94. The first-order valence-electron chi connectivity index (χ1n) is 7.14. The first-order chi connectivity index (χ1) is 9.13. The summed E-state index contributed by atoms with van der Waals surface area (Å²) in [5, 5.41) is 0.645. The molecule has 2 N–H and O–H groups in total. The molecule has 0 aromatic heterocycles. The van der Waals surface area contributed by atoms with E-state index in [9.17, 15) is 0 Å². The smallest absolute Gasteiger partial charge is 0.0635 e. The van der Waals surface area contributed by atoms with Gasteiger partial charge in [-0.1, -0.05) is 31.5 Å². The molecular weight excluding hydrogens is 258 g/mol. The lowest BCUT2D eigenvalue weighted by molar-refractivity contribution is 0.209. The van der Waals surface area contributed by atoms with E-state index in [0.29, 0.717) is 16.8 Å².